The second-order valence-electron chi connectivity index (χ2n) is 8.26. The van der Waals surface area contributed by atoms with Gasteiger partial charge < -0.3 is 9.84 Å². The lowest BCUT2D eigenvalue weighted by Crippen LogP contribution is -2.39. The van der Waals surface area contributed by atoms with E-state index in [1.807, 2.05) is 32.9 Å². The summed E-state index contributed by atoms with van der Waals surface area (Å²) < 4.78 is 33.0. The fraction of sp³-hybridized carbons (Fsp3) is 0.231. The molecule has 0 aliphatic heterocycles. The molecule has 0 bridgehead atoms. The van der Waals surface area contributed by atoms with Crippen molar-refractivity contribution < 1.29 is 23.1 Å². The molecule has 3 aromatic carbocycles. The number of phenolic OH excluding ortho intramolecular Hbond substituents is 1. The highest BCUT2D eigenvalue weighted by Gasteiger charge is 2.27. The number of carbonyl (C=O) groups is 1. The van der Waals surface area contributed by atoms with Gasteiger partial charge in [0.15, 0.2) is 11.5 Å². The molecule has 0 aliphatic rings. The van der Waals surface area contributed by atoms with Gasteiger partial charge in [-0.3, -0.25) is 9.10 Å². The molecule has 1 amide bonds. The van der Waals surface area contributed by atoms with Crippen LogP contribution in [0.3, 0.4) is 0 Å². The van der Waals surface area contributed by atoms with Crippen molar-refractivity contribution in [2.24, 2.45) is 5.10 Å². The van der Waals surface area contributed by atoms with E-state index in [1.54, 1.807) is 42.5 Å². The highest BCUT2D eigenvalue weighted by atomic mass is 32.2. The van der Waals surface area contributed by atoms with E-state index < -0.39 is 22.5 Å². The van der Waals surface area contributed by atoms with Crippen LogP contribution in [0, 0.1) is 6.92 Å². The number of aryl methyl sites for hydroxylation is 1. The first kappa shape index (κ1) is 25.8. The van der Waals surface area contributed by atoms with Gasteiger partial charge in [0.25, 0.3) is 15.9 Å². The lowest BCUT2D eigenvalue weighted by molar-refractivity contribution is -0.119. The van der Waals surface area contributed by atoms with Gasteiger partial charge in [0, 0.05) is 5.56 Å². The number of hydrogen-bond donors (Lipinski definition) is 2. The highest BCUT2D eigenvalue weighted by molar-refractivity contribution is 7.92. The standard InChI is InChI=1S/C26H29N3O5S/c1-18(2)20-10-12-22(13-11-20)29(35(32,33)23-14-8-19(3)9-15-23)17-25(30)28-27-16-21-6-5-7-24(34-4)26(21)31/h5-16,18,31H,17H2,1-4H3,(H,28,30)/b27-16-. The minimum atomic E-state index is -4.03. The van der Waals surface area contributed by atoms with Crippen LogP contribution in [0.1, 0.15) is 36.5 Å². The van der Waals surface area contributed by atoms with Crippen molar-refractivity contribution in [3.63, 3.8) is 0 Å². The third-order valence-corrected chi connectivity index (χ3v) is 7.18. The topological polar surface area (TPSA) is 108 Å². The molecule has 3 rings (SSSR count). The smallest absolute Gasteiger partial charge is 0.264 e. The number of rotatable bonds is 9. The number of hydrogen-bond acceptors (Lipinski definition) is 6. The molecule has 0 unspecified atom stereocenters. The number of carbonyl (C=O) groups excluding carboxylic acids is 1. The van der Waals surface area contributed by atoms with Crippen LogP contribution in [0.2, 0.25) is 0 Å². The Kier molecular flexibility index (Phi) is 8.14. The largest absolute Gasteiger partial charge is 0.504 e. The summed E-state index contributed by atoms with van der Waals surface area (Å²) in [5.74, 6) is -0.230. The normalized spacial score (nSPS) is 11.6. The van der Waals surface area contributed by atoms with E-state index in [-0.39, 0.29) is 22.3 Å². The van der Waals surface area contributed by atoms with Crippen molar-refractivity contribution in [3.05, 3.63) is 83.4 Å². The molecule has 0 atom stereocenters. The Hall–Kier alpha value is -3.85. The lowest BCUT2D eigenvalue weighted by atomic mass is 10.0. The fourth-order valence-electron chi connectivity index (χ4n) is 3.33. The quantitative estimate of drug-likeness (QED) is 0.342. The van der Waals surface area contributed by atoms with Crippen LogP contribution in [0.15, 0.2) is 76.7 Å². The second kappa shape index (κ2) is 11.1. The number of nitrogens with zero attached hydrogens (tertiary/aromatic N) is 2. The molecule has 9 heteroatoms. The molecule has 2 N–H and O–H groups in total. The van der Waals surface area contributed by atoms with Crippen molar-refractivity contribution in [2.75, 3.05) is 18.0 Å². The Balaban J connectivity index is 1.86. The predicted octanol–water partition coefficient (Wildman–Crippen LogP) is 4.18. The predicted molar refractivity (Wildman–Crippen MR) is 137 cm³/mol. The summed E-state index contributed by atoms with van der Waals surface area (Å²) >= 11 is 0. The van der Waals surface area contributed by atoms with E-state index >= 15 is 0 Å². The number of methoxy groups -OCH3 is 1. The summed E-state index contributed by atoms with van der Waals surface area (Å²) in [7, 11) is -2.60. The van der Waals surface area contributed by atoms with Gasteiger partial charge in [-0.15, -0.1) is 0 Å². The number of nitrogens with one attached hydrogen (secondary N) is 1. The Morgan fingerprint density at radius 1 is 1.09 bits per heavy atom. The lowest BCUT2D eigenvalue weighted by Gasteiger charge is -2.24. The Morgan fingerprint density at radius 3 is 2.34 bits per heavy atom. The number of para-hydroxylation sites is 1. The van der Waals surface area contributed by atoms with Crippen LogP contribution in [-0.2, 0) is 14.8 Å². The molecular formula is C26H29N3O5S. The first-order valence-electron chi connectivity index (χ1n) is 11.0. The van der Waals surface area contributed by atoms with Crippen molar-refractivity contribution >= 4 is 27.8 Å². The Bertz CT molecular complexity index is 1300. The van der Waals surface area contributed by atoms with Gasteiger partial charge in [-0.05, 0) is 54.8 Å². The Morgan fingerprint density at radius 2 is 1.74 bits per heavy atom. The van der Waals surface area contributed by atoms with E-state index in [2.05, 4.69) is 10.5 Å². The van der Waals surface area contributed by atoms with Gasteiger partial charge >= 0.3 is 0 Å². The maximum absolute atomic E-state index is 13.5. The summed E-state index contributed by atoms with van der Waals surface area (Å²) in [5, 5.41) is 14.0. The number of phenols is 1. The van der Waals surface area contributed by atoms with Gasteiger partial charge in [-0.2, -0.15) is 5.10 Å². The number of sulfonamides is 1. The van der Waals surface area contributed by atoms with Crippen molar-refractivity contribution in [2.45, 2.75) is 31.6 Å². The average Bonchev–Trinajstić information content (AvgIpc) is 2.84. The van der Waals surface area contributed by atoms with Crippen LogP contribution < -0.4 is 14.5 Å². The maximum atomic E-state index is 13.5. The molecule has 0 spiro atoms. The van der Waals surface area contributed by atoms with Gasteiger partial charge in [0.1, 0.15) is 6.54 Å². The summed E-state index contributed by atoms with van der Waals surface area (Å²) in [5.41, 5.74) is 4.99. The van der Waals surface area contributed by atoms with E-state index in [0.717, 1.165) is 15.4 Å². The van der Waals surface area contributed by atoms with Crippen LogP contribution in [-0.4, -0.2) is 39.3 Å². The molecule has 0 fully saturated rings. The molecule has 0 aliphatic carbocycles. The molecule has 0 saturated carbocycles. The molecule has 0 radical (unpaired) electrons. The molecule has 8 nitrogen and oxygen atoms in total. The molecule has 0 heterocycles. The van der Waals surface area contributed by atoms with Crippen LogP contribution in [0.25, 0.3) is 0 Å². The van der Waals surface area contributed by atoms with Gasteiger partial charge in [0.2, 0.25) is 0 Å². The number of ether oxygens (including phenoxy) is 1. The van der Waals surface area contributed by atoms with Gasteiger partial charge in [-0.1, -0.05) is 49.7 Å². The fourth-order valence-corrected chi connectivity index (χ4v) is 4.75. The number of anilines is 1. The summed E-state index contributed by atoms with van der Waals surface area (Å²) in [6.07, 6.45) is 1.26. The van der Waals surface area contributed by atoms with Gasteiger partial charge in [-0.25, -0.2) is 13.8 Å². The van der Waals surface area contributed by atoms with Crippen molar-refractivity contribution in [1.29, 1.82) is 0 Å². The first-order valence-corrected chi connectivity index (χ1v) is 12.4. The van der Waals surface area contributed by atoms with Crippen LogP contribution in [0.5, 0.6) is 11.5 Å². The zero-order valence-electron chi connectivity index (χ0n) is 20.1. The number of benzene rings is 3. The minimum Gasteiger partial charge on any atom is -0.504 e. The Labute approximate surface area is 205 Å². The van der Waals surface area contributed by atoms with E-state index in [9.17, 15) is 18.3 Å². The van der Waals surface area contributed by atoms with Crippen molar-refractivity contribution in [1.82, 2.24) is 5.43 Å². The van der Waals surface area contributed by atoms with E-state index in [4.69, 9.17) is 4.74 Å². The third-order valence-electron chi connectivity index (χ3n) is 5.39. The maximum Gasteiger partial charge on any atom is 0.264 e. The molecule has 0 saturated heterocycles. The monoisotopic (exact) mass is 495 g/mol. The third kappa shape index (κ3) is 6.19. The molecule has 0 aromatic heterocycles. The minimum absolute atomic E-state index is 0.0774. The molecule has 184 valence electrons. The second-order valence-corrected chi connectivity index (χ2v) is 10.1. The zero-order chi connectivity index (χ0) is 25.6. The summed E-state index contributed by atoms with van der Waals surface area (Å²) in [4.78, 5) is 12.8. The number of hydrazone groups is 1. The number of amides is 1. The van der Waals surface area contributed by atoms with E-state index in [1.165, 1.54) is 25.5 Å². The molecule has 3 aromatic rings. The van der Waals surface area contributed by atoms with Gasteiger partial charge in [0.05, 0.1) is 23.9 Å². The highest BCUT2D eigenvalue weighted by Crippen LogP contribution is 2.28. The number of aromatic hydroxyl groups is 1. The SMILES string of the molecule is COc1cccc(/C=N\NC(=O)CN(c2ccc(C(C)C)cc2)S(=O)(=O)c2ccc(C)cc2)c1O. The van der Waals surface area contributed by atoms with Crippen LogP contribution in [0.4, 0.5) is 5.69 Å². The molecular weight excluding hydrogens is 466 g/mol. The summed E-state index contributed by atoms with van der Waals surface area (Å²) in [6.45, 7) is 5.46. The van der Waals surface area contributed by atoms with E-state index in [0.29, 0.717) is 11.3 Å². The first-order chi connectivity index (χ1) is 16.6. The van der Waals surface area contributed by atoms with Crippen LogP contribution >= 0.6 is 0 Å². The molecule has 35 heavy (non-hydrogen) atoms. The zero-order valence-corrected chi connectivity index (χ0v) is 20.9. The summed E-state index contributed by atoms with van der Waals surface area (Å²) in [6, 6.07) is 18.4. The average molecular weight is 496 g/mol. The van der Waals surface area contributed by atoms with Crippen molar-refractivity contribution in [3.8, 4) is 11.5 Å².